The van der Waals surface area contributed by atoms with E-state index in [1.54, 1.807) is 0 Å². The van der Waals surface area contributed by atoms with Crippen LogP contribution in [-0.4, -0.2) is 37.5 Å². The first-order valence-corrected chi connectivity index (χ1v) is 8.35. The fraction of sp³-hybridized carbons (Fsp3) is 0.571. The molecule has 1 N–H and O–H groups in total. The van der Waals surface area contributed by atoms with Crippen molar-refractivity contribution in [2.75, 3.05) is 13.6 Å². The maximum Gasteiger partial charge on any atom is 0.243 e. The highest BCUT2D eigenvalue weighted by Gasteiger charge is 2.29. The Morgan fingerprint density at radius 1 is 1.19 bits per heavy atom. The Kier molecular flexibility index (Phi) is 4.95. The molecule has 0 spiro atoms. The Bertz CT molecular complexity index is 586. The minimum absolute atomic E-state index is 0.141. The van der Waals surface area contributed by atoms with Crippen LogP contribution in [0, 0.1) is 17.6 Å². The summed E-state index contributed by atoms with van der Waals surface area (Å²) >= 11 is 0. The minimum Gasteiger partial charge on any atom is -0.393 e. The Balaban J connectivity index is 2.18. The van der Waals surface area contributed by atoms with Crippen LogP contribution in [0.5, 0.6) is 0 Å². The van der Waals surface area contributed by atoms with E-state index in [-0.39, 0.29) is 12.5 Å². The first-order valence-electron chi connectivity index (χ1n) is 6.91. The van der Waals surface area contributed by atoms with E-state index < -0.39 is 32.7 Å². The van der Waals surface area contributed by atoms with Crippen LogP contribution in [-0.2, 0) is 10.0 Å². The fourth-order valence-corrected chi connectivity index (χ4v) is 3.96. The summed E-state index contributed by atoms with van der Waals surface area (Å²) in [6.07, 6.45) is 2.76. The molecule has 1 aromatic carbocycles. The first-order chi connectivity index (χ1) is 9.80. The molecule has 1 fully saturated rings. The monoisotopic (exact) mass is 319 g/mol. The lowest BCUT2D eigenvalue weighted by atomic mass is 9.86. The smallest absolute Gasteiger partial charge is 0.243 e. The second-order valence-corrected chi connectivity index (χ2v) is 7.55. The standard InChI is InChI=1S/C14H19F2NO3S/c1-17(9-10-4-2-3-5-14(10)18)21(19,20)13-7-11(15)6-12(16)8-13/h6-8,10,14,18H,2-5,9H2,1H3. The van der Waals surface area contributed by atoms with Gasteiger partial charge < -0.3 is 5.11 Å². The molecule has 0 radical (unpaired) electrons. The van der Waals surface area contributed by atoms with Crippen LogP contribution < -0.4 is 0 Å². The van der Waals surface area contributed by atoms with Crippen molar-refractivity contribution in [3.8, 4) is 0 Å². The fourth-order valence-electron chi connectivity index (χ4n) is 2.69. The molecule has 2 unspecified atom stereocenters. The minimum atomic E-state index is -3.96. The van der Waals surface area contributed by atoms with Gasteiger partial charge in [0.1, 0.15) is 11.6 Å². The van der Waals surface area contributed by atoms with Gasteiger partial charge in [-0.25, -0.2) is 21.5 Å². The van der Waals surface area contributed by atoms with Crippen molar-refractivity contribution < 1.29 is 22.3 Å². The predicted octanol–water partition coefficient (Wildman–Crippen LogP) is 2.14. The van der Waals surface area contributed by atoms with Crippen LogP contribution in [0.1, 0.15) is 25.7 Å². The average Bonchev–Trinajstić information content (AvgIpc) is 2.40. The highest BCUT2D eigenvalue weighted by molar-refractivity contribution is 7.89. The van der Waals surface area contributed by atoms with Gasteiger partial charge in [-0.1, -0.05) is 12.8 Å². The number of benzene rings is 1. The van der Waals surface area contributed by atoms with Gasteiger partial charge in [-0.3, -0.25) is 0 Å². The van der Waals surface area contributed by atoms with Gasteiger partial charge in [-0.15, -0.1) is 0 Å². The number of aliphatic hydroxyl groups excluding tert-OH is 1. The molecule has 0 amide bonds. The topological polar surface area (TPSA) is 57.6 Å². The molecule has 0 aromatic heterocycles. The van der Waals surface area contributed by atoms with Crippen molar-refractivity contribution in [2.45, 2.75) is 36.7 Å². The summed E-state index contributed by atoms with van der Waals surface area (Å²) in [7, 11) is -2.60. The van der Waals surface area contributed by atoms with Gasteiger partial charge in [0.2, 0.25) is 10.0 Å². The normalized spacial score (nSPS) is 23.5. The molecule has 118 valence electrons. The van der Waals surface area contributed by atoms with Crippen LogP contribution in [0.3, 0.4) is 0 Å². The van der Waals surface area contributed by atoms with Crippen LogP contribution in [0.25, 0.3) is 0 Å². The molecule has 0 aliphatic heterocycles. The van der Waals surface area contributed by atoms with E-state index in [1.807, 2.05) is 0 Å². The van der Waals surface area contributed by atoms with E-state index in [9.17, 15) is 22.3 Å². The Morgan fingerprint density at radius 2 is 1.76 bits per heavy atom. The third-order valence-electron chi connectivity index (χ3n) is 3.90. The number of sulfonamides is 1. The molecule has 4 nitrogen and oxygen atoms in total. The van der Waals surface area contributed by atoms with E-state index in [2.05, 4.69) is 0 Å². The zero-order chi connectivity index (χ0) is 15.6. The quantitative estimate of drug-likeness (QED) is 0.925. The summed E-state index contributed by atoms with van der Waals surface area (Å²) in [4.78, 5) is -0.409. The zero-order valence-electron chi connectivity index (χ0n) is 11.8. The summed E-state index contributed by atoms with van der Waals surface area (Å²) in [5.74, 6) is -2.00. The van der Waals surface area contributed by atoms with Crippen molar-refractivity contribution in [3.05, 3.63) is 29.8 Å². The van der Waals surface area contributed by atoms with Crippen LogP contribution in [0.15, 0.2) is 23.1 Å². The van der Waals surface area contributed by atoms with Gasteiger partial charge in [-0.2, -0.15) is 0 Å². The third kappa shape index (κ3) is 3.78. The van der Waals surface area contributed by atoms with E-state index >= 15 is 0 Å². The summed E-state index contributed by atoms with van der Waals surface area (Å²) in [5, 5.41) is 9.90. The second-order valence-electron chi connectivity index (χ2n) is 5.50. The maximum atomic E-state index is 13.2. The number of hydrogen-bond acceptors (Lipinski definition) is 3. The van der Waals surface area contributed by atoms with Crippen LogP contribution in [0.4, 0.5) is 8.78 Å². The second kappa shape index (κ2) is 6.37. The molecule has 1 aromatic rings. The lowest BCUT2D eigenvalue weighted by Crippen LogP contribution is -2.38. The predicted molar refractivity (Wildman–Crippen MR) is 74.1 cm³/mol. The van der Waals surface area contributed by atoms with Gasteiger partial charge in [-0.05, 0) is 30.9 Å². The van der Waals surface area contributed by atoms with Crippen molar-refractivity contribution in [2.24, 2.45) is 5.92 Å². The molecule has 1 saturated carbocycles. The van der Waals surface area contributed by atoms with E-state index in [0.29, 0.717) is 12.5 Å². The average molecular weight is 319 g/mol. The van der Waals surface area contributed by atoms with Crippen LogP contribution in [0.2, 0.25) is 0 Å². The molecular weight excluding hydrogens is 300 g/mol. The van der Waals surface area contributed by atoms with E-state index in [0.717, 1.165) is 35.7 Å². The molecule has 0 saturated heterocycles. The summed E-state index contributed by atoms with van der Waals surface area (Å²) in [6.45, 7) is 0.141. The molecule has 1 aliphatic carbocycles. The van der Waals surface area contributed by atoms with Crippen molar-refractivity contribution in [1.29, 1.82) is 0 Å². The van der Waals surface area contributed by atoms with Crippen LogP contribution >= 0.6 is 0 Å². The number of halogens is 2. The zero-order valence-corrected chi connectivity index (χ0v) is 12.6. The summed E-state index contributed by atoms with van der Waals surface area (Å²) in [6, 6.07) is 2.22. The number of aliphatic hydroxyl groups is 1. The molecule has 0 bridgehead atoms. The number of hydrogen-bond donors (Lipinski definition) is 1. The number of nitrogens with zero attached hydrogens (tertiary/aromatic N) is 1. The molecule has 7 heteroatoms. The van der Waals surface area contributed by atoms with E-state index in [4.69, 9.17) is 0 Å². The molecule has 2 rings (SSSR count). The molecule has 2 atom stereocenters. The highest BCUT2D eigenvalue weighted by Crippen LogP contribution is 2.27. The molecule has 0 heterocycles. The van der Waals surface area contributed by atoms with Crippen molar-refractivity contribution >= 4 is 10.0 Å². The lowest BCUT2D eigenvalue weighted by Gasteiger charge is -2.30. The third-order valence-corrected chi connectivity index (χ3v) is 5.71. The summed E-state index contributed by atoms with van der Waals surface area (Å²) in [5.41, 5.74) is 0. The number of rotatable bonds is 4. The Morgan fingerprint density at radius 3 is 2.33 bits per heavy atom. The molecular formula is C14H19F2NO3S. The molecule has 21 heavy (non-hydrogen) atoms. The van der Waals surface area contributed by atoms with Gasteiger partial charge >= 0.3 is 0 Å². The van der Waals surface area contributed by atoms with Crippen molar-refractivity contribution in [3.63, 3.8) is 0 Å². The largest absolute Gasteiger partial charge is 0.393 e. The lowest BCUT2D eigenvalue weighted by molar-refractivity contribution is 0.0620. The Hall–Kier alpha value is -1.05. The Labute approximate surface area is 123 Å². The van der Waals surface area contributed by atoms with Gasteiger partial charge in [0.05, 0.1) is 11.0 Å². The van der Waals surface area contributed by atoms with E-state index in [1.165, 1.54) is 7.05 Å². The SMILES string of the molecule is CN(CC1CCCCC1O)S(=O)(=O)c1cc(F)cc(F)c1. The highest BCUT2D eigenvalue weighted by atomic mass is 32.2. The molecule has 1 aliphatic rings. The van der Waals surface area contributed by atoms with Gasteiger partial charge in [0.15, 0.2) is 0 Å². The van der Waals surface area contributed by atoms with Gasteiger partial charge in [0, 0.05) is 19.7 Å². The maximum absolute atomic E-state index is 13.2. The summed E-state index contributed by atoms with van der Waals surface area (Å²) < 4.78 is 52.1. The van der Waals surface area contributed by atoms with Gasteiger partial charge in [0.25, 0.3) is 0 Å². The first kappa shape index (κ1) is 16.3. The van der Waals surface area contributed by atoms with Crippen molar-refractivity contribution in [1.82, 2.24) is 4.31 Å².